The molecule has 2 unspecified atom stereocenters. The summed E-state index contributed by atoms with van der Waals surface area (Å²) < 4.78 is 0. The first-order valence-corrected chi connectivity index (χ1v) is 6.60. The minimum absolute atomic E-state index is 0.417. The zero-order valence-corrected chi connectivity index (χ0v) is 11.4. The van der Waals surface area contributed by atoms with E-state index in [4.69, 9.17) is 0 Å². The lowest BCUT2D eigenvalue weighted by Crippen LogP contribution is -1.94. The van der Waals surface area contributed by atoms with Crippen LogP contribution in [-0.4, -0.2) is 10.2 Å². The van der Waals surface area contributed by atoms with E-state index in [2.05, 4.69) is 0 Å². The third-order valence-electron chi connectivity index (χ3n) is 3.33. The van der Waals surface area contributed by atoms with Gasteiger partial charge in [0.25, 0.3) is 0 Å². The van der Waals surface area contributed by atoms with E-state index in [-0.39, 0.29) is 0 Å². The highest BCUT2D eigenvalue weighted by molar-refractivity contribution is 5.31. The predicted octanol–water partition coefficient (Wildman–Crippen LogP) is 3.38. The van der Waals surface area contributed by atoms with Crippen LogP contribution in [0, 0.1) is 0 Å². The van der Waals surface area contributed by atoms with Crippen molar-refractivity contribution in [1.82, 2.24) is 0 Å². The van der Waals surface area contributed by atoms with Gasteiger partial charge in [-0.05, 0) is 42.5 Å². The van der Waals surface area contributed by atoms with Crippen LogP contribution in [0.5, 0.6) is 0 Å². The summed E-state index contributed by atoms with van der Waals surface area (Å²) in [5.74, 6) is 0. The molecule has 0 saturated heterocycles. The minimum atomic E-state index is -0.417. The Hall–Kier alpha value is -1.64. The Morgan fingerprint density at radius 3 is 1.26 bits per heavy atom. The van der Waals surface area contributed by atoms with E-state index in [9.17, 15) is 10.2 Å². The predicted molar refractivity (Wildman–Crippen MR) is 77.0 cm³/mol. The van der Waals surface area contributed by atoms with Crippen molar-refractivity contribution in [2.75, 3.05) is 0 Å². The minimum Gasteiger partial charge on any atom is -0.389 e. The van der Waals surface area contributed by atoms with Crippen LogP contribution >= 0.6 is 0 Å². The summed E-state index contributed by atoms with van der Waals surface area (Å²) in [5.41, 5.74) is 4.31. The molecule has 2 N–H and O–H groups in total. The molecule has 2 aromatic rings. The topological polar surface area (TPSA) is 40.5 Å². The fraction of sp³-hybridized carbons (Fsp3) is 0.294. The third kappa shape index (κ3) is 3.66. The van der Waals surface area contributed by atoms with Gasteiger partial charge in [-0.1, -0.05) is 48.5 Å². The second kappa shape index (κ2) is 6.00. The molecule has 0 spiro atoms. The number of rotatable bonds is 4. The Morgan fingerprint density at radius 1 is 0.684 bits per heavy atom. The van der Waals surface area contributed by atoms with Crippen molar-refractivity contribution in [3.8, 4) is 0 Å². The summed E-state index contributed by atoms with van der Waals surface area (Å²) >= 11 is 0. The molecule has 0 bridgehead atoms. The smallest absolute Gasteiger partial charge is 0.0761 e. The van der Waals surface area contributed by atoms with Crippen LogP contribution in [-0.2, 0) is 6.42 Å². The van der Waals surface area contributed by atoms with E-state index in [1.165, 1.54) is 11.1 Å². The van der Waals surface area contributed by atoms with Gasteiger partial charge in [0.1, 0.15) is 0 Å². The summed E-state index contributed by atoms with van der Waals surface area (Å²) in [5, 5.41) is 18.9. The molecule has 0 aliphatic heterocycles. The zero-order valence-electron chi connectivity index (χ0n) is 11.4. The number of aliphatic hydroxyl groups excluding tert-OH is 2. The molecule has 100 valence electrons. The fourth-order valence-electron chi connectivity index (χ4n) is 2.06. The van der Waals surface area contributed by atoms with Crippen molar-refractivity contribution in [1.29, 1.82) is 0 Å². The first-order valence-electron chi connectivity index (χ1n) is 6.60. The quantitative estimate of drug-likeness (QED) is 0.880. The highest BCUT2D eigenvalue weighted by Gasteiger charge is 2.03. The Bertz CT molecular complexity index is 460. The second-order valence-corrected chi connectivity index (χ2v) is 5.01. The van der Waals surface area contributed by atoms with Gasteiger partial charge < -0.3 is 10.2 Å². The van der Waals surface area contributed by atoms with Crippen molar-refractivity contribution in [3.05, 3.63) is 70.8 Å². The van der Waals surface area contributed by atoms with Crippen molar-refractivity contribution < 1.29 is 10.2 Å². The lowest BCUT2D eigenvalue weighted by Gasteiger charge is -2.08. The van der Waals surface area contributed by atoms with E-state index in [0.717, 1.165) is 17.5 Å². The Balaban J connectivity index is 2.08. The molecule has 2 rings (SSSR count). The van der Waals surface area contributed by atoms with Crippen molar-refractivity contribution in [2.24, 2.45) is 0 Å². The van der Waals surface area contributed by atoms with E-state index < -0.39 is 12.2 Å². The molecule has 0 aliphatic rings. The molecular weight excluding hydrogens is 236 g/mol. The van der Waals surface area contributed by atoms with Crippen molar-refractivity contribution in [3.63, 3.8) is 0 Å². The molecule has 0 radical (unpaired) electrons. The largest absolute Gasteiger partial charge is 0.389 e. The Labute approximate surface area is 114 Å². The Kier molecular flexibility index (Phi) is 4.35. The first kappa shape index (κ1) is 13.8. The highest BCUT2D eigenvalue weighted by atomic mass is 16.3. The van der Waals surface area contributed by atoms with E-state index in [1.807, 2.05) is 48.5 Å². The number of aliphatic hydroxyl groups is 2. The fourth-order valence-corrected chi connectivity index (χ4v) is 2.06. The molecule has 2 atom stereocenters. The number of benzene rings is 2. The zero-order chi connectivity index (χ0) is 13.8. The van der Waals surface area contributed by atoms with Gasteiger partial charge >= 0.3 is 0 Å². The maximum Gasteiger partial charge on any atom is 0.0761 e. The van der Waals surface area contributed by atoms with Crippen LogP contribution < -0.4 is 0 Å². The molecule has 19 heavy (non-hydrogen) atoms. The molecule has 0 fully saturated rings. The molecule has 2 heteroatoms. The Morgan fingerprint density at radius 2 is 1.00 bits per heavy atom. The molecule has 0 aliphatic carbocycles. The molecule has 0 amide bonds. The SMILES string of the molecule is CC(O)c1ccc(Cc2ccc(C(C)O)cc2)cc1. The van der Waals surface area contributed by atoms with Crippen LogP contribution in [0.25, 0.3) is 0 Å². The molecule has 2 aromatic carbocycles. The first-order chi connectivity index (χ1) is 9.06. The average Bonchev–Trinajstić information content (AvgIpc) is 2.40. The van der Waals surface area contributed by atoms with Crippen LogP contribution in [0.2, 0.25) is 0 Å². The van der Waals surface area contributed by atoms with Gasteiger partial charge in [0.2, 0.25) is 0 Å². The third-order valence-corrected chi connectivity index (χ3v) is 3.33. The molecule has 2 nitrogen and oxygen atoms in total. The van der Waals surface area contributed by atoms with E-state index in [1.54, 1.807) is 13.8 Å². The second-order valence-electron chi connectivity index (χ2n) is 5.01. The van der Waals surface area contributed by atoms with Gasteiger partial charge in [-0.3, -0.25) is 0 Å². The van der Waals surface area contributed by atoms with Crippen molar-refractivity contribution >= 4 is 0 Å². The summed E-state index contributed by atoms with van der Waals surface area (Å²) in [7, 11) is 0. The molecule has 0 aromatic heterocycles. The summed E-state index contributed by atoms with van der Waals surface area (Å²) in [6.45, 7) is 3.54. The average molecular weight is 256 g/mol. The molecule has 0 heterocycles. The maximum atomic E-state index is 9.46. The van der Waals surface area contributed by atoms with E-state index in [0.29, 0.717) is 0 Å². The lowest BCUT2D eigenvalue weighted by atomic mass is 10.0. The number of hydrogen-bond acceptors (Lipinski definition) is 2. The summed E-state index contributed by atoms with van der Waals surface area (Å²) in [6, 6.07) is 16.0. The molecule has 0 saturated carbocycles. The summed E-state index contributed by atoms with van der Waals surface area (Å²) in [4.78, 5) is 0. The highest BCUT2D eigenvalue weighted by Crippen LogP contribution is 2.17. The molecular formula is C17H20O2. The monoisotopic (exact) mass is 256 g/mol. The van der Waals surface area contributed by atoms with Gasteiger partial charge in [-0.25, -0.2) is 0 Å². The summed E-state index contributed by atoms with van der Waals surface area (Å²) in [6.07, 6.45) is 0.0268. The van der Waals surface area contributed by atoms with Gasteiger partial charge in [0.05, 0.1) is 12.2 Å². The van der Waals surface area contributed by atoms with Crippen LogP contribution in [0.1, 0.15) is 48.3 Å². The van der Waals surface area contributed by atoms with E-state index >= 15 is 0 Å². The standard InChI is InChI=1S/C17H20O2/c1-12(18)16-7-3-14(4-8-16)11-15-5-9-17(10-6-15)13(2)19/h3-10,12-13,18-19H,11H2,1-2H3. The van der Waals surface area contributed by atoms with Crippen LogP contribution in [0.15, 0.2) is 48.5 Å². The normalized spacial score (nSPS) is 14.1. The maximum absolute atomic E-state index is 9.46. The number of hydrogen-bond donors (Lipinski definition) is 2. The van der Waals surface area contributed by atoms with Gasteiger partial charge in [-0.15, -0.1) is 0 Å². The van der Waals surface area contributed by atoms with Gasteiger partial charge in [0.15, 0.2) is 0 Å². The lowest BCUT2D eigenvalue weighted by molar-refractivity contribution is 0.199. The van der Waals surface area contributed by atoms with Crippen LogP contribution in [0.4, 0.5) is 0 Å². The van der Waals surface area contributed by atoms with Gasteiger partial charge in [0, 0.05) is 0 Å². The van der Waals surface area contributed by atoms with Crippen molar-refractivity contribution in [2.45, 2.75) is 32.5 Å². The van der Waals surface area contributed by atoms with Gasteiger partial charge in [-0.2, -0.15) is 0 Å². The van der Waals surface area contributed by atoms with Crippen LogP contribution in [0.3, 0.4) is 0 Å².